The Hall–Kier alpha value is -0.470. The zero-order chi connectivity index (χ0) is 12.0. The number of hydrogen-bond acceptors (Lipinski definition) is 2. The third-order valence-electron chi connectivity index (χ3n) is 2.44. The van der Waals surface area contributed by atoms with Crippen LogP contribution in [0.1, 0.15) is 31.4 Å². The fraction of sp³-hybridized carbons (Fsp3) is 0.571. The molecule has 0 unspecified atom stereocenters. The fourth-order valence-electron chi connectivity index (χ4n) is 1.59. The van der Waals surface area contributed by atoms with Gasteiger partial charge in [-0.05, 0) is 43.9 Å². The summed E-state index contributed by atoms with van der Waals surface area (Å²) in [6.45, 7) is 7.46. The molecule has 0 heterocycles. The summed E-state index contributed by atoms with van der Waals surface area (Å²) < 4.78 is 0. The van der Waals surface area contributed by atoms with E-state index in [0.717, 1.165) is 25.3 Å². The Kier molecular flexibility index (Phi) is 5.93. The summed E-state index contributed by atoms with van der Waals surface area (Å²) >= 11 is 1.97. The minimum atomic E-state index is 0.744. The van der Waals surface area contributed by atoms with Crippen LogP contribution >= 0.6 is 11.8 Å². The third kappa shape index (κ3) is 4.58. The second-order valence-electron chi connectivity index (χ2n) is 4.71. The zero-order valence-electron chi connectivity index (χ0n) is 10.6. The van der Waals surface area contributed by atoms with Gasteiger partial charge in [0.2, 0.25) is 0 Å². The second kappa shape index (κ2) is 6.97. The first kappa shape index (κ1) is 13.6. The first-order valence-electron chi connectivity index (χ1n) is 6.06. The van der Waals surface area contributed by atoms with Crippen molar-refractivity contribution < 1.29 is 0 Å². The van der Waals surface area contributed by atoms with E-state index in [0.29, 0.717) is 0 Å². The van der Waals surface area contributed by atoms with Crippen LogP contribution in [-0.2, 0) is 6.42 Å². The van der Waals surface area contributed by atoms with E-state index >= 15 is 0 Å². The molecule has 0 aromatic heterocycles. The number of thioether (sulfide) groups is 1. The summed E-state index contributed by atoms with van der Waals surface area (Å²) in [5, 5.41) is 0. The third-order valence-corrected chi connectivity index (χ3v) is 3.98. The van der Waals surface area contributed by atoms with Gasteiger partial charge >= 0.3 is 0 Å². The van der Waals surface area contributed by atoms with Crippen molar-refractivity contribution in [2.75, 3.05) is 12.3 Å². The van der Waals surface area contributed by atoms with Crippen LogP contribution in [-0.4, -0.2) is 12.3 Å². The number of benzene rings is 1. The van der Waals surface area contributed by atoms with Crippen LogP contribution in [0, 0.1) is 12.8 Å². The molecule has 0 bridgehead atoms. The molecule has 0 atom stereocenters. The Balaban J connectivity index is 2.72. The Bertz CT molecular complexity index is 321. The lowest BCUT2D eigenvalue weighted by atomic mass is 10.1. The van der Waals surface area contributed by atoms with Gasteiger partial charge in [-0.3, -0.25) is 0 Å². The van der Waals surface area contributed by atoms with Crippen LogP contribution in [0.4, 0.5) is 0 Å². The monoisotopic (exact) mass is 237 g/mol. The summed E-state index contributed by atoms with van der Waals surface area (Å²) in [4.78, 5) is 1.44. The molecule has 90 valence electrons. The van der Waals surface area contributed by atoms with E-state index in [2.05, 4.69) is 39.0 Å². The van der Waals surface area contributed by atoms with Crippen LogP contribution in [0.3, 0.4) is 0 Å². The molecule has 0 fully saturated rings. The van der Waals surface area contributed by atoms with E-state index in [1.807, 2.05) is 11.8 Å². The number of hydrogen-bond donors (Lipinski definition) is 1. The van der Waals surface area contributed by atoms with Gasteiger partial charge in [0.05, 0.1) is 0 Å². The lowest BCUT2D eigenvalue weighted by Crippen LogP contribution is -2.02. The molecule has 0 radical (unpaired) electrons. The van der Waals surface area contributed by atoms with Gasteiger partial charge < -0.3 is 5.73 Å². The van der Waals surface area contributed by atoms with Crippen molar-refractivity contribution in [3.05, 3.63) is 29.3 Å². The molecule has 0 aliphatic carbocycles. The summed E-state index contributed by atoms with van der Waals surface area (Å²) in [5.74, 6) is 1.94. The van der Waals surface area contributed by atoms with Crippen molar-refractivity contribution in [2.45, 2.75) is 38.5 Å². The lowest BCUT2D eigenvalue weighted by molar-refractivity contribution is 0.749. The summed E-state index contributed by atoms with van der Waals surface area (Å²) in [6.07, 6.45) is 2.19. The molecule has 2 heteroatoms. The molecule has 0 aliphatic rings. The quantitative estimate of drug-likeness (QED) is 0.765. The summed E-state index contributed by atoms with van der Waals surface area (Å²) in [7, 11) is 0. The van der Waals surface area contributed by atoms with Crippen molar-refractivity contribution in [3.63, 3.8) is 0 Å². The lowest BCUT2D eigenvalue weighted by Gasteiger charge is -2.11. The Labute approximate surface area is 104 Å². The van der Waals surface area contributed by atoms with Gasteiger partial charge in [-0.2, -0.15) is 0 Å². The maximum atomic E-state index is 5.58. The highest BCUT2D eigenvalue weighted by Gasteiger charge is 2.04. The fourth-order valence-corrected chi connectivity index (χ4v) is 2.62. The SMILES string of the molecule is Cc1ccc(SCC(C)C)c(CCCN)c1. The van der Waals surface area contributed by atoms with Gasteiger partial charge in [0, 0.05) is 10.6 Å². The molecule has 0 saturated heterocycles. The van der Waals surface area contributed by atoms with Gasteiger partial charge in [0.25, 0.3) is 0 Å². The topological polar surface area (TPSA) is 26.0 Å². The predicted molar refractivity (Wildman–Crippen MR) is 74.1 cm³/mol. The first-order valence-corrected chi connectivity index (χ1v) is 7.04. The van der Waals surface area contributed by atoms with Crippen LogP contribution in [0.25, 0.3) is 0 Å². The van der Waals surface area contributed by atoms with Gasteiger partial charge in [0.15, 0.2) is 0 Å². The molecule has 0 aliphatic heterocycles. The molecular formula is C14H23NS. The van der Waals surface area contributed by atoms with Crippen molar-refractivity contribution >= 4 is 11.8 Å². The zero-order valence-corrected chi connectivity index (χ0v) is 11.4. The smallest absolute Gasteiger partial charge is 0.0104 e. The molecular weight excluding hydrogens is 214 g/mol. The Morgan fingerprint density at radius 2 is 2.06 bits per heavy atom. The van der Waals surface area contributed by atoms with E-state index in [1.54, 1.807) is 0 Å². The number of aryl methyl sites for hydroxylation is 2. The largest absolute Gasteiger partial charge is 0.330 e. The molecule has 0 spiro atoms. The van der Waals surface area contributed by atoms with E-state index in [-0.39, 0.29) is 0 Å². The van der Waals surface area contributed by atoms with Crippen molar-refractivity contribution in [2.24, 2.45) is 11.7 Å². The number of nitrogens with two attached hydrogens (primary N) is 1. The highest BCUT2D eigenvalue weighted by molar-refractivity contribution is 7.99. The summed E-state index contributed by atoms with van der Waals surface area (Å²) in [6, 6.07) is 6.77. The van der Waals surface area contributed by atoms with E-state index in [1.165, 1.54) is 21.8 Å². The Morgan fingerprint density at radius 1 is 1.31 bits per heavy atom. The van der Waals surface area contributed by atoms with Gasteiger partial charge in [-0.15, -0.1) is 11.8 Å². The van der Waals surface area contributed by atoms with Gasteiger partial charge in [-0.1, -0.05) is 31.5 Å². The molecule has 1 nitrogen and oxygen atoms in total. The van der Waals surface area contributed by atoms with Crippen LogP contribution in [0.5, 0.6) is 0 Å². The molecule has 0 saturated carbocycles. The highest BCUT2D eigenvalue weighted by Crippen LogP contribution is 2.26. The molecule has 1 aromatic rings. The maximum Gasteiger partial charge on any atom is 0.0104 e. The van der Waals surface area contributed by atoms with E-state index in [9.17, 15) is 0 Å². The van der Waals surface area contributed by atoms with Gasteiger partial charge in [0.1, 0.15) is 0 Å². The molecule has 1 aromatic carbocycles. The predicted octanol–water partition coefficient (Wildman–Crippen LogP) is 3.63. The molecule has 0 amide bonds. The molecule has 1 rings (SSSR count). The van der Waals surface area contributed by atoms with Crippen LogP contribution < -0.4 is 5.73 Å². The first-order chi connectivity index (χ1) is 7.63. The molecule has 16 heavy (non-hydrogen) atoms. The normalized spacial score (nSPS) is 11.1. The van der Waals surface area contributed by atoms with Crippen LogP contribution in [0.15, 0.2) is 23.1 Å². The average Bonchev–Trinajstić information content (AvgIpc) is 2.24. The van der Waals surface area contributed by atoms with E-state index < -0.39 is 0 Å². The van der Waals surface area contributed by atoms with Gasteiger partial charge in [-0.25, -0.2) is 0 Å². The minimum absolute atomic E-state index is 0.744. The summed E-state index contributed by atoms with van der Waals surface area (Å²) in [5.41, 5.74) is 8.40. The second-order valence-corrected chi connectivity index (χ2v) is 5.77. The van der Waals surface area contributed by atoms with Crippen LogP contribution in [0.2, 0.25) is 0 Å². The standard InChI is InChI=1S/C14H23NS/c1-11(2)10-16-14-7-6-12(3)9-13(14)5-4-8-15/h6-7,9,11H,4-5,8,10,15H2,1-3H3. The molecule has 2 N–H and O–H groups in total. The van der Waals surface area contributed by atoms with Crippen molar-refractivity contribution in [3.8, 4) is 0 Å². The van der Waals surface area contributed by atoms with E-state index in [4.69, 9.17) is 5.73 Å². The van der Waals surface area contributed by atoms with Crippen molar-refractivity contribution in [1.29, 1.82) is 0 Å². The maximum absolute atomic E-state index is 5.58. The Morgan fingerprint density at radius 3 is 2.69 bits per heavy atom. The average molecular weight is 237 g/mol. The highest BCUT2D eigenvalue weighted by atomic mass is 32.2. The minimum Gasteiger partial charge on any atom is -0.330 e. The number of rotatable bonds is 6. The van der Waals surface area contributed by atoms with Crippen molar-refractivity contribution in [1.82, 2.24) is 0 Å².